The third-order valence-corrected chi connectivity index (χ3v) is 2.69. The summed E-state index contributed by atoms with van der Waals surface area (Å²) in [5.41, 5.74) is 0. The molecule has 0 unspecified atom stereocenters. The summed E-state index contributed by atoms with van der Waals surface area (Å²) in [7, 11) is 0. The molecule has 1 aromatic heterocycles. The first kappa shape index (κ1) is 11.1. The summed E-state index contributed by atoms with van der Waals surface area (Å²) in [6, 6.07) is 0. The van der Waals surface area contributed by atoms with Gasteiger partial charge in [0.1, 0.15) is 6.33 Å². The summed E-state index contributed by atoms with van der Waals surface area (Å²) in [5.74, 6) is 1.01. The molecule has 6 nitrogen and oxygen atoms in total. The number of fused-ring (bicyclic) bond motifs is 1. The van der Waals surface area contributed by atoms with E-state index in [2.05, 4.69) is 22.4 Å². The summed E-state index contributed by atoms with van der Waals surface area (Å²) in [4.78, 5) is 13.6. The quantitative estimate of drug-likeness (QED) is 0.707. The van der Waals surface area contributed by atoms with Crippen LogP contribution in [-0.4, -0.2) is 45.2 Å². The Balaban J connectivity index is 1.86. The molecule has 2 heterocycles. The fraction of sp³-hybridized carbons (Fsp3) is 0.700. The van der Waals surface area contributed by atoms with E-state index in [4.69, 9.17) is 0 Å². The summed E-state index contributed by atoms with van der Waals surface area (Å²) < 4.78 is 1.99. The summed E-state index contributed by atoms with van der Waals surface area (Å²) in [5, 5.41) is 10.9. The number of carbonyl (C=O) groups is 1. The largest absolute Gasteiger partial charge is 0.332 e. The molecule has 6 heteroatoms. The average molecular weight is 223 g/mol. The first-order chi connectivity index (χ1) is 7.81. The van der Waals surface area contributed by atoms with Crippen LogP contribution in [0.2, 0.25) is 0 Å². The van der Waals surface area contributed by atoms with Gasteiger partial charge in [0.05, 0.1) is 13.1 Å². The number of nitrogens with one attached hydrogen (secondary N) is 1. The molecule has 0 saturated heterocycles. The van der Waals surface area contributed by atoms with Crippen LogP contribution in [-0.2, 0) is 17.9 Å². The lowest BCUT2D eigenvalue weighted by molar-refractivity contribution is -0.131. The highest BCUT2D eigenvalue weighted by Gasteiger charge is 2.20. The van der Waals surface area contributed by atoms with Crippen molar-refractivity contribution in [2.75, 3.05) is 19.6 Å². The molecule has 0 aromatic carbocycles. The van der Waals surface area contributed by atoms with Gasteiger partial charge in [-0.25, -0.2) is 0 Å². The average Bonchev–Trinajstić information content (AvgIpc) is 2.76. The van der Waals surface area contributed by atoms with Gasteiger partial charge in [-0.1, -0.05) is 6.92 Å². The van der Waals surface area contributed by atoms with Crippen molar-refractivity contribution in [2.24, 2.45) is 0 Å². The zero-order valence-electron chi connectivity index (χ0n) is 9.52. The monoisotopic (exact) mass is 223 g/mol. The van der Waals surface area contributed by atoms with E-state index in [9.17, 15) is 4.79 Å². The van der Waals surface area contributed by atoms with E-state index < -0.39 is 0 Å². The van der Waals surface area contributed by atoms with Crippen molar-refractivity contribution >= 4 is 5.91 Å². The number of aromatic nitrogens is 3. The molecule has 0 spiro atoms. The Morgan fingerprint density at radius 3 is 3.25 bits per heavy atom. The third kappa shape index (κ3) is 2.38. The molecule has 1 aliphatic rings. The number of hydrogen-bond acceptors (Lipinski definition) is 4. The molecule has 2 rings (SSSR count). The second kappa shape index (κ2) is 5.07. The van der Waals surface area contributed by atoms with Crippen molar-refractivity contribution in [3.8, 4) is 0 Å². The third-order valence-electron chi connectivity index (χ3n) is 2.69. The zero-order chi connectivity index (χ0) is 11.4. The minimum Gasteiger partial charge on any atom is -0.332 e. The molecule has 0 atom stereocenters. The van der Waals surface area contributed by atoms with Crippen LogP contribution >= 0.6 is 0 Å². The van der Waals surface area contributed by atoms with Gasteiger partial charge in [0.15, 0.2) is 5.82 Å². The van der Waals surface area contributed by atoms with Crippen LogP contribution in [0.1, 0.15) is 19.2 Å². The topological polar surface area (TPSA) is 63.1 Å². The van der Waals surface area contributed by atoms with E-state index >= 15 is 0 Å². The van der Waals surface area contributed by atoms with Crippen LogP contribution in [0.4, 0.5) is 0 Å². The van der Waals surface area contributed by atoms with Crippen LogP contribution < -0.4 is 5.32 Å². The van der Waals surface area contributed by atoms with E-state index in [0.29, 0.717) is 13.1 Å². The van der Waals surface area contributed by atoms with Gasteiger partial charge in [0, 0.05) is 13.1 Å². The Morgan fingerprint density at radius 1 is 1.56 bits per heavy atom. The fourth-order valence-electron chi connectivity index (χ4n) is 1.76. The van der Waals surface area contributed by atoms with Crippen LogP contribution in [0, 0.1) is 0 Å². The number of nitrogens with zero attached hydrogens (tertiary/aromatic N) is 4. The summed E-state index contributed by atoms with van der Waals surface area (Å²) >= 11 is 0. The number of hydrogen-bond donors (Lipinski definition) is 1. The number of rotatable bonds is 4. The molecular formula is C10H17N5O. The predicted octanol–water partition coefficient (Wildman–Crippen LogP) is -0.380. The molecule has 0 radical (unpaired) electrons. The molecule has 16 heavy (non-hydrogen) atoms. The van der Waals surface area contributed by atoms with Gasteiger partial charge < -0.3 is 14.8 Å². The molecular weight excluding hydrogens is 206 g/mol. The van der Waals surface area contributed by atoms with Crippen molar-refractivity contribution < 1.29 is 4.79 Å². The number of amides is 1. The maximum Gasteiger partial charge on any atom is 0.236 e. The smallest absolute Gasteiger partial charge is 0.236 e. The lowest BCUT2D eigenvalue weighted by Crippen LogP contribution is -2.42. The van der Waals surface area contributed by atoms with Crippen molar-refractivity contribution in [1.29, 1.82) is 0 Å². The molecule has 88 valence electrons. The SMILES string of the molecule is CCCNCC(=O)N1CCn2cnnc2C1. The summed E-state index contributed by atoms with van der Waals surface area (Å²) in [6.45, 7) is 5.50. The predicted molar refractivity (Wildman–Crippen MR) is 58.6 cm³/mol. The molecule has 1 N–H and O–H groups in total. The maximum absolute atomic E-state index is 11.8. The van der Waals surface area contributed by atoms with Crippen LogP contribution in [0.25, 0.3) is 0 Å². The van der Waals surface area contributed by atoms with E-state index in [-0.39, 0.29) is 5.91 Å². The number of carbonyl (C=O) groups excluding carboxylic acids is 1. The minimum atomic E-state index is 0.141. The van der Waals surface area contributed by atoms with Gasteiger partial charge >= 0.3 is 0 Å². The Bertz CT molecular complexity index is 362. The first-order valence-corrected chi connectivity index (χ1v) is 5.66. The van der Waals surface area contributed by atoms with Crippen LogP contribution in [0.3, 0.4) is 0 Å². The molecule has 0 aliphatic carbocycles. The highest BCUT2D eigenvalue weighted by atomic mass is 16.2. The molecule has 1 amide bonds. The van der Waals surface area contributed by atoms with Gasteiger partial charge in [0.25, 0.3) is 0 Å². The Hall–Kier alpha value is -1.43. The lowest BCUT2D eigenvalue weighted by atomic mass is 10.3. The Morgan fingerprint density at radius 2 is 2.44 bits per heavy atom. The highest BCUT2D eigenvalue weighted by Crippen LogP contribution is 2.08. The second-order valence-electron chi connectivity index (χ2n) is 3.93. The van der Waals surface area contributed by atoms with Gasteiger partial charge in [0.2, 0.25) is 5.91 Å². The maximum atomic E-state index is 11.8. The zero-order valence-corrected chi connectivity index (χ0v) is 9.52. The fourth-order valence-corrected chi connectivity index (χ4v) is 1.76. The Kier molecular flexibility index (Phi) is 3.51. The minimum absolute atomic E-state index is 0.141. The normalized spacial score (nSPS) is 14.9. The second-order valence-corrected chi connectivity index (χ2v) is 3.93. The van der Waals surface area contributed by atoms with Gasteiger partial charge in [-0.15, -0.1) is 10.2 Å². The van der Waals surface area contributed by atoms with Gasteiger partial charge in [-0.05, 0) is 13.0 Å². The molecule has 0 bridgehead atoms. The van der Waals surface area contributed by atoms with E-state index in [1.165, 1.54) is 0 Å². The van der Waals surface area contributed by atoms with E-state index in [1.807, 2.05) is 9.47 Å². The van der Waals surface area contributed by atoms with Gasteiger partial charge in [-0.3, -0.25) is 4.79 Å². The van der Waals surface area contributed by atoms with Crippen LogP contribution in [0.15, 0.2) is 6.33 Å². The Labute approximate surface area is 94.6 Å². The standard InChI is InChI=1S/C10H17N5O/c1-2-3-11-6-10(16)14-4-5-15-8-12-13-9(15)7-14/h8,11H,2-7H2,1H3. The highest BCUT2D eigenvalue weighted by molar-refractivity contribution is 5.78. The molecule has 1 aromatic rings. The molecule has 0 fully saturated rings. The van der Waals surface area contributed by atoms with E-state index in [1.54, 1.807) is 6.33 Å². The van der Waals surface area contributed by atoms with Crippen molar-refractivity contribution in [3.63, 3.8) is 0 Å². The van der Waals surface area contributed by atoms with Gasteiger partial charge in [-0.2, -0.15) is 0 Å². The van der Waals surface area contributed by atoms with Crippen molar-refractivity contribution in [1.82, 2.24) is 25.0 Å². The lowest BCUT2D eigenvalue weighted by Gasteiger charge is -2.27. The van der Waals surface area contributed by atoms with Crippen molar-refractivity contribution in [2.45, 2.75) is 26.4 Å². The summed E-state index contributed by atoms with van der Waals surface area (Å²) in [6.07, 6.45) is 2.76. The molecule has 1 aliphatic heterocycles. The van der Waals surface area contributed by atoms with Crippen molar-refractivity contribution in [3.05, 3.63) is 12.2 Å². The molecule has 0 saturated carbocycles. The van der Waals surface area contributed by atoms with E-state index in [0.717, 1.165) is 31.9 Å². The first-order valence-electron chi connectivity index (χ1n) is 5.66. The van der Waals surface area contributed by atoms with Crippen LogP contribution in [0.5, 0.6) is 0 Å².